The van der Waals surface area contributed by atoms with E-state index in [2.05, 4.69) is 46.7 Å². The van der Waals surface area contributed by atoms with Gasteiger partial charge in [0, 0.05) is 39.1 Å². The molecule has 2 fully saturated rings. The predicted molar refractivity (Wildman–Crippen MR) is 134 cm³/mol. The predicted octanol–water partition coefficient (Wildman–Crippen LogP) is 3.36. The lowest BCUT2D eigenvalue weighted by molar-refractivity contribution is -0.127. The Kier molecular flexibility index (Phi) is 11.5. The molecule has 2 aliphatic rings. The minimum atomic E-state index is 0. The highest BCUT2D eigenvalue weighted by Crippen LogP contribution is 2.17. The van der Waals surface area contributed by atoms with Crippen LogP contribution >= 0.6 is 24.0 Å². The molecule has 1 aromatic carbocycles. The van der Waals surface area contributed by atoms with E-state index < -0.39 is 0 Å². The number of carbonyl (C=O) groups excluding carboxylic acids is 1. The van der Waals surface area contributed by atoms with Gasteiger partial charge in [-0.2, -0.15) is 0 Å². The summed E-state index contributed by atoms with van der Waals surface area (Å²) < 4.78 is 0. The maximum atomic E-state index is 11.7. The molecule has 2 heterocycles. The zero-order chi connectivity index (χ0) is 20.3. The summed E-state index contributed by atoms with van der Waals surface area (Å²) in [5.74, 6) is 1.16. The summed E-state index contributed by atoms with van der Waals surface area (Å²) in [5, 5.41) is 6.76. The summed E-state index contributed by atoms with van der Waals surface area (Å²) in [6, 6.07) is 8.69. The van der Waals surface area contributed by atoms with Gasteiger partial charge in [-0.3, -0.25) is 9.69 Å². The van der Waals surface area contributed by atoms with Gasteiger partial charge in [-0.15, -0.1) is 24.0 Å². The fourth-order valence-electron chi connectivity index (χ4n) is 4.15. The molecule has 0 aromatic heterocycles. The van der Waals surface area contributed by atoms with Crippen LogP contribution in [0.4, 0.5) is 0 Å². The number of nitrogens with zero attached hydrogens (tertiary/aromatic N) is 3. The van der Waals surface area contributed by atoms with E-state index in [9.17, 15) is 4.79 Å². The zero-order valence-electron chi connectivity index (χ0n) is 18.4. The first kappa shape index (κ1) is 24.9. The molecule has 0 unspecified atom stereocenters. The number of likely N-dealkylation sites (tertiary alicyclic amines) is 2. The largest absolute Gasteiger partial charge is 0.357 e. The number of halogens is 1. The maximum Gasteiger partial charge on any atom is 0.222 e. The third-order valence-corrected chi connectivity index (χ3v) is 5.78. The van der Waals surface area contributed by atoms with Crippen LogP contribution in [0.3, 0.4) is 0 Å². The van der Waals surface area contributed by atoms with Crippen LogP contribution in [0.25, 0.3) is 0 Å². The van der Waals surface area contributed by atoms with Crippen molar-refractivity contribution in [2.45, 2.75) is 58.5 Å². The summed E-state index contributed by atoms with van der Waals surface area (Å²) in [6.07, 6.45) is 6.67. The molecule has 0 spiro atoms. The fraction of sp³-hybridized carbons (Fsp3) is 0.652. The summed E-state index contributed by atoms with van der Waals surface area (Å²) in [6.45, 7) is 9.64. The van der Waals surface area contributed by atoms with E-state index in [4.69, 9.17) is 4.99 Å². The lowest BCUT2D eigenvalue weighted by Crippen LogP contribution is -2.39. The zero-order valence-corrected chi connectivity index (χ0v) is 20.7. The summed E-state index contributed by atoms with van der Waals surface area (Å²) in [7, 11) is 0. The van der Waals surface area contributed by atoms with Crippen molar-refractivity contribution in [3.05, 3.63) is 35.4 Å². The summed E-state index contributed by atoms with van der Waals surface area (Å²) in [5.41, 5.74) is 2.69. The van der Waals surface area contributed by atoms with Crippen LogP contribution in [0.15, 0.2) is 29.3 Å². The molecule has 6 nitrogen and oxygen atoms in total. The van der Waals surface area contributed by atoms with E-state index in [1.54, 1.807) is 0 Å². The number of amides is 1. The van der Waals surface area contributed by atoms with E-state index in [0.717, 1.165) is 51.5 Å². The SMILES string of the molecule is CCNC(=NCc1ccccc1CN1CCCCC1)NCCCN1CCCC1=O.I. The van der Waals surface area contributed by atoms with Gasteiger partial charge in [-0.25, -0.2) is 4.99 Å². The highest BCUT2D eigenvalue weighted by molar-refractivity contribution is 14.0. The van der Waals surface area contributed by atoms with Crippen molar-refractivity contribution in [1.82, 2.24) is 20.4 Å². The Morgan fingerprint density at radius 1 is 1.03 bits per heavy atom. The van der Waals surface area contributed by atoms with E-state index >= 15 is 0 Å². The monoisotopic (exact) mass is 527 g/mol. The molecule has 7 heteroatoms. The Hall–Kier alpha value is -1.35. The van der Waals surface area contributed by atoms with Gasteiger partial charge >= 0.3 is 0 Å². The number of rotatable bonds is 9. The average molecular weight is 527 g/mol. The first-order chi connectivity index (χ1) is 14.3. The Bertz CT molecular complexity index is 675. The van der Waals surface area contributed by atoms with Crippen molar-refractivity contribution in [2.24, 2.45) is 4.99 Å². The van der Waals surface area contributed by atoms with Gasteiger partial charge in [0.1, 0.15) is 0 Å². The van der Waals surface area contributed by atoms with E-state index in [0.29, 0.717) is 18.9 Å². The first-order valence-electron chi connectivity index (χ1n) is 11.4. The first-order valence-corrected chi connectivity index (χ1v) is 11.4. The van der Waals surface area contributed by atoms with E-state index in [1.807, 2.05) is 4.90 Å². The molecule has 1 amide bonds. The minimum absolute atomic E-state index is 0. The van der Waals surface area contributed by atoms with Crippen molar-refractivity contribution < 1.29 is 4.79 Å². The molecule has 0 aliphatic carbocycles. The standard InChI is InChI=1S/C23H37N5O.HI/c1-2-24-23(25-13-9-17-28-16-8-12-22(28)29)26-18-20-10-4-5-11-21(20)19-27-14-6-3-7-15-27;/h4-5,10-11H,2-3,6-9,12-19H2,1H3,(H2,24,25,26);1H. The van der Waals surface area contributed by atoms with Gasteiger partial charge in [-0.1, -0.05) is 30.7 Å². The highest BCUT2D eigenvalue weighted by Gasteiger charge is 2.19. The molecule has 2 saturated heterocycles. The number of guanidine groups is 1. The Morgan fingerprint density at radius 3 is 2.50 bits per heavy atom. The highest BCUT2D eigenvalue weighted by atomic mass is 127. The number of nitrogens with one attached hydrogen (secondary N) is 2. The molecule has 30 heavy (non-hydrogen) atoms. The molecule has 0 bridgehead atoms. The lowest BCUT2D eigenvalue weighted by Gasteiger charge is -2.27. The maximum absolute atomic E-state index is 11.7. The fourth-order valence-corrected chi connectivity index (χ4v) is 4.15. The summed E-state index contributed by atoms with van der Waals surface area (Å²) in [4.78, 5) is 21.1. The molecule has 3 rings (SSSR count). The van der Waals surface area contributed by atoms with Crippen LogP contribution in [-0.4, -0.2) is 60.9 Å². The van der Waals surface area contributed by atoms with Gasteiger partial charge < -0.3 is 15.5 Å². The molecule has 168 valence electrons. The molecule has 0 saturated carbocycles. The molecule has 2 N–H and O–H groups in total. The van der Waals surface area contributed by atoms with Crippen LogP contribution in [0.1, 0.15) is 56.6 Å². The normalized spacial score (nSPS) is 17.7. The molecule has 0 radical (unpaired) electrons. The topological polar surface area (TPSA) is 60.0 Å². The number of aliphatic imine (C=N–C) groups is 1. The van der Waals surface area contributed by atoms with Gasteiger partial charge in [-0.05, 0) is 56.8 Å². The third kappa shape index (κ3) is 8.06. The molecular weight excluding hydrogens is 489 g/mol. The van der Waals surface area contributed by atoms with Crippen molar-refractivity contribution in [2.75, 3.05) is 39.3 Å². The van der Waals surface area contributed by atoms with Crippen LogP contribution in [0, 0.1) is 0 Å². The van der Waals surface area contributed by atoms with Crippen molar-refractivity contribution >= 4 is 35.8 Å². The molecular formula is C23H38IN5O. The Labute approximate surface area is 198 Å². The average Bonchev–Trinajstić information content (AvgIpc) is 3.15. The second-order valence-corrected chi connectivity index (χ2v) is 8.07. The number of carbonyl (C=O) groups is 1. The lowest BCUT2D eigenvalue weighted by atomic mass is 10.1. The second-order valence-electron chi connectivity index (χ2n) is 8.07. The number of hydrogen-bond donors (Lipinski definition) is 2. The van der Waals surface area contributed by atoms with Crippen LogP contribution in [-0.2, 0) is 17.9 Å². The van der Waals surface area contributed by atoms with Gasteiger partial charge in [0.25, 0.3) is 0 Å². The van der Waals surface area contributed by atoms with Crippen molar-refractivity contribution in [1.29, 1.82) is 0 Å². The smallest absolute Gasteiger partial charge is 0.222 e. The van der Waals surface area contributed by atoms with Gasteiger partial charge in [0.15, 0.2) is 5.96 Å². The van der Waals surface area contributed by atoms with Crippen LogP contribution in [0.5, 0.6) is 0 Å². The molecule has 1 aromatic rings. The number of benzene rings is 1. The Balaban J connectivity index is 0.00000320. The second kappa shape index (κ2) is 13.9. The summed E-state index contributed by atoms with van der Waals surface area (Å²) >= 11 is 0. The molecule has 2 aliphatic heterocycles. The van der Waals surface area contributed by atoms with Gasteiger partial charge in [0.05, 0.1) is 6.54 Å². The third-order valence-electron chi connectivity index (χ3n) is 5.78. The minimum Gasteiger partial charge on any atom is -0.357 e. The molecule has 0 atom stereocenters. The quantitative estimate of drug-likeness (QED) is 0.224. The van der Waals surface area contributed by atoms with Crippen LogP contribution < -0.4 is 10.6 Å². The van der Waals surface area contributed by atoms with Crippen molar-refractivity contribution in [3.8, 4) is 0 Å². The Morgan fingerprint density at radius 2 is 1.80 bits per heavy atom. The van der Waals surface area contributed by atoms with E-state index in [-0.39, 0.29) is 24.0 Å². The number of hydrogen-bond acceptors (Lipinski definition) is 3. The van der Waals surface area contributed by atoms with Gasteiger partial charge in [0.2, 0.25) is 5.91 Å². The van der Waals surface area contributed by atoms with E-state index in [1.165, 1.54) is 43.5 Å². The van der Waals surface area contributed by atoms with Crippen molar-refractivity contribution in [3.63, 3.8) is 0 Å². The van der Waals surface area contributed by atoms with Crippen LogP contribution in [0.2, 0.25) is 0 Å². The number of piperidine rings is 1.